The van der Waals surface area contributed by atoms with E-state index in [9.17, 15) is 9.90 Å². The number of fused-ring (bicyclic) bond motifs is 1. The third-order valence-electron chi connectivity index (χ3n) is 4.47. The molecule has 5 heteroatoms. The fourth-order valence-electron chi connectivity index (χ4n) is 3.09. The van der Waals surface area contributed by atoms with Gasteiger partial charge in [-0.25, -0.2) is 0 Å². The van der Waals surface area contributed by atoms with Gasteiger partial charge in [0.05, 0.1) is 25.5 Å². The maximum atomic E-state index is 13.0. The van der Waals surface area contributed by atoms with E-state index in [-0.39, 0.29) is 5.91 Å². The van der Waals surface area contributed by atoms with Crippen LogP contribution >= 0.6 is 0 Å². The zero-order valence-electron chi connectivity index (χ0n) is 14.1. The van der Waals surface area contributed by atoms with Gasteiger partial charge in [0.2, 0.25) is 0 Å². The zero-order chi connectivity index (χ0) is 17.3. The van der Waals surface area contributed by atoms with Crippen LogP contribution in [-0.2, 0) is 5.60 Å². The third-order valence-corrected chi connectivity index (χ3v) is 4.47. The highest BCUT2D eigenvalue weighted by Gasteiger charge is 2.35. The highest BCUT2D eigenvalue weighted by atomic mass is 16.5. The number of carbonyl (C=O) groups is 1. The fourth-order valence-corrected chi connectivity index (χ4v) is 3.09. The number of benzene rings is 2. The van der Waals surface area contributed by atoms with Gasteiger partial charge in [-0.3, -0.25) is 4.79 Å². The molecule has 126 valence electrons. The van der Waals surface area contributed by atoms with E-state index >= 15 is 0 Å². The topological polar surface area (TPSA) is 59.0 Å². The first-order valence-corrected chi connectivity index (χ1v) is 7.83. The summed E-state index contributed by atoms with van der Waals surface area (Å²) in [5, 5.41) is 10.6. The number of aliphatic hydroxyl groups is 1. The molecule has 5 nitrogen and oxygen atoms in total. The van der Waals surface area contributed by atoms with Crippen molar-refractivity contribution in [1.82, 2.24) is 0 Å². The molecule has 1 heterocycles. The first-order valence-electron chi connectivity index (χ1n) is 7.83. The molecule has 0 bridgehead atoms. The quantitative estimate of drug-likeness (QED) is 0.941. The van der Waals surface area contributed by atoms with Gasteiger partial charge < -0.3 is 19.5 Å². The minimum absolute atomic E-state index is 0.126. The van der Waals surface area contributed by atoms with E-state index in [0.29, 0.717) is 30.0 Å². The molecule has 2 aromatic rings. The van der Waals surface area contributed by atoms with Crippen molar-refractivity contribution in [2.24, 2.45) is 0 Å². The van der Waals surface area contributed by atoms with Crippen molar-refractivity contribution in [2.75, 3.05) is 25.7 Å². The van der Waals surface area contributed by atoms with Gasteiger partial charge in [-0.2, -0.15) is 0 Å². The minimum atomic E-state index is -0.926. The van der Waals surface area contributed by atoms with Crippen molar-refractivity contribution in [1.29, 1.82) is 0 Å². The predicted octanol–water partition coefficient (Wildman–Crippen LogP) is 2.96. The molecule has 0 spiro atoms. The van der Waals surface area contributed by atoms with E-state index in [2.05, 4.69) is 0 Å². The number of ether oxygens (including phenoxy) is 2. The van der Waals surface area contributed by atoms with Gasteiger partial charge in [0.25, 0.3) is 5.91 Å². The van der Waals surface area contributed by atoms with Gasteiger partial charge >= 0.3 is 0 Å². The van der Waals surface area contributed by atoms with Crippen LogP contribution in [0.25, 0.3) is 0 Å². The predicted molar refractivity (Wildman–Crippen MR) is 91.9 cm³/mol. The average molecular weight is 327 g/mol. The lowest BCUT2D eigenvalue weighted by atomic mass is 9.87. The SMILES string of the molecule is COc1ccc(C(=O)N2CCC(C)(O)c3ccccc32)cc1OC. The summed E-state index contributed by atoms with van der Waals surface area (Å²) in [6, 6.07) is 12.6. The number of rotatable bonds is 3. The van der Waals surface area contributed by atoms with Crippen LogP contribution in [0.2, 0.25) is 0 Å². The molecule has 1 atom stereocenters. The summed E-state index contributed by atoms with van der Waals surface area (Å²) in [5.41, 5.74) is 1.10. The molecular formula is C19H21NO4. The molecular weight excluding hydrogens is 306 g/mol. The van der Waals surface area contributed by atoms with Crippen molar-refractivity contribution >= 4 is 11.6 Å². The van der Waals surface area contributed by atoms with E-state index in [1.165, 1.54) is 0 Å². The Hall–Kier alpha value is -2.53. The van der Waals surface area contributed by atoms with Crippen molar-refractivity contribution in [2.45, 2.75) is 18.9 Å². The Morgan fingerprint density at radius 3 is 2.54 bits per heavy atom. The number of para-hydroxylation sites is 1. The van der Waals surface area contributed by atoms with Gasteiger partial charge in [-0.15, -0.1) is 0 Å². The summed E-state index contributed by atoms with van der Waals surface area (Å²) in [6.45, 7) is 2.24. The number of amides is 1. The number of methoxy groups -OCH3 is 2. The smallest absolute Gasteiger partial charge is 0.258 e. The highest BCUT2D eigenvalue weighted by Crippen LogP contribution is 2.39. The summed E-state index contributed by atoms with van der Waals surface area (Å²) < 4.78 is 10.5. The van der Waals surface area contributed by atoms with Crippen LogP contribution in [0, 0.1) is 0 Å². The van der Waals surface area contributed by atoms with E-state index < -0.39 is 5.60 Å². The van der Waals surface area contributed by atoms with Gasteiger partial charge in [-0.1, -0.05) is 18.2 Å². The fraction of sp³-hybridized carbons (Fsp3) is 0.316. The maximum absolute atomic E-state index is 13.0. The lowest BCUT2D eigenvalue weighted by Crippen LogP contribution is -2.42. The molecule has 3 rings (SSSR count). The monoisotopic (exact) mass is 327 g/mol. The molecule has 0 saturated carbocycles. The van der Waals surface area contributed by atoms with E-state index in [1.807, 2.05) is 24.3 Å². The first-order chi connectivity index (χ1) is 11.5. The summed E-state index contributed by atoms with van der Waals surface area (Å²) in [6.07, 6.45) is 0.489. The highest BCUT2D eigenvalue weighted by molar-refractivity contribution is 6.07. The molecule has 1 N–H and O–H groups in total. The molecule has 1 amide bonds. The first kappa shape index (κ1) is 16.3. The number of hydrogen-bond donors (Lipinski definition) is 1. The molecule has 0 fully saturated rings. The molecule has 0 aliphatic carbocycles. The largest absolute Gasteiger partial charge is 0.493 e. The van der Waals surface area contributed by atoms with Crippen LogP contribution in [0.4, 0.5) is 5.69 Å². The van der Waals surface area contributed by atoms with Crippen molar-refractivity contribution in [3.05, 3.63) is 53.6 Å². The standard InChI is InChI=1S/C19H21NO4/c1-19(22)10-11-20(15-7-5-4-6-14(15)19)18(21)13-8-9-16(23-2)17(12-13)24-3/h4-9,12,22H,10-11H2,1-3H3. The Morgan fingerprint density at radius 1 is 1.12 bits per heavy atom. The van der Waals surface area contributed by atoms with Crippen molar-refractivity contribution in [3.63, 3.8) is 0 Å². The lowest BCUT2D eigenvalue weighted by molar-refractivity contribution is 0.0450. The second-order valence-electron chi connectivity index (χ2n) is 6.07. The molecule has 1 aliphatic heterocycles. The van der Waals surface area contributed by atoms with E-state index in [4.69, 9.17) is 9.47 Å². The Balaban J connectivity index is 1.99. The zero-order valence-corrected chi connectivity index (χ0v) is 14.1. The number of anilines is 1. The Labute approximate surface area is 141 Å². The van der Waals surface area contributed by atoms with Crippen LogP contribution in [0.15, 0.2) is 42.5 Å². The van der Waals surface area contributed by atoms with Crippen LogP contribution in [0.1, 0.15) is 29.3 Å². The summed E-state index contributed by atoms with van der Waals surface area (Å²) in [4.78, 5) is 14.7. The van der Waals surface area contributed by atoms with Crippen LogP contribution < -0.4 is 14.4 Å². The molecule has 0 aromatic heterocycles. The van der Waals surface area contributed by atoms with Gasteiger partial charge in [0, 0.05) is 17.7 Å². The Morgan fingerprint density at radius 2 is 1.83 bits per heavy atom. The second kappa shape index (κ2) is 6.17. The molecule has 24 heavy (non-hydrogen) atoms. The van der Waals surface area contributed by atoms with E-state index in [1.54, 1.807) is 44.2 Å². The molecule has 1 unspecified atom stereocenters. The Bertz CT molecular complexity index is 770. The van der Waals surface area contributed by atoms with Crippen molar-refractivity contribution in [3.8, 4) is 11.5 Å². The molecule has 2 aromatic carbocycles. The number of nitrogens with zero attached hydrogens (tertiary/aromatic N) is 1. The maximum Gasteiger partial charge on any atom is 0.258 e. The van der Waals surface area contributed by atoms with Crippen molar-refractivity contribution < 1.29 is 19.4 Å². The summed E-state index contributed by atoms with van der Waals surface area (Å²) in [7, 11) is 3.10. The summed E-state index contributed by atoms with van der Waals surface area (Å²) in [5.74, 6) is 0.968. The molecule has 0 radical (unpaired) electrons. The molecule has 1 aliphatic rings. The van der Waals surface area contributed by atoms with Crippen LogP contribution in [0.3, 0.4) is 0 Å². The lowest BCUT2D eigenvalue weighted by Gasteiger charge is -2.38. The van der Waals surface area contributed by atoms with Crippen LogP contribution in [0.5, 0.6) is 11.5 Å². The Kier molecular flexibility index (Phi) is 4.20. The average Bonchev–Trinajstić information content (AvgIpc) is 2.61. The minimum Gasteiger partial charge on any atom is -0.493 e. The number of hydrogen-bond acceptors (Lipinski definition) is 4. The summed E-state index contributed by atoms with van der Waals surface area (Å²) >= 11 is 0. The number of carbonyl (C=O) groups excluding carboxylic acids is 1. The van der Waals surface area contributed by atoms with Gasteiger partial charge in [0.15, 0.2) is 11.5 Å². The van der Waals surface area contributed by atoms with Crippen LogP contribution in [-0.4, -0.2) is 31.8 Å². The van der Waals surface area contributed by atoms with Gasteiger partial charge in [-0.05, 0) is 37.6 Å². The third kappa shape index (κ3) is 2.71. The normalized spacial score (nSPS) is 19.6. The van der Waals surface area contributed by atoms with E-state index in [0.717, 1.165) is 11.3 Å². The van der Waals surface area contributed by atoms with Gasteiger partial charge in [0.1, 0.15) is 0 Å². The molecule has 0 saturated heterocycles. The second-order valence-corrected chi connectivity index (χ2v) is 6.07.